The Morgan fingerprint density at radius 2 is 2.00 bits per heavy atom. The van der Waals surface area contributed by atoms with E-state index >= 15 is 0 Å². The van der Waals surface area contributed by atoms with E-state index in [1.165, 1.54) is 18.1 Å². The Kier molecular flexibility index (Phi) is 4.67. The molecule has 2 N–H and O–H groups in total. The van der Waals surface area contributed by atoms with Gasteiger partial charge in [-0.3, -0.25) is 14.4 Å². The maximum Gasteiger partial charge on any atom is 0.303 e. The summed E-state index contributed by atoms with van der Waals surface area (Å²) in [7, 11) is 0. The van der Waals surface area contributed by atoms with Crippen molar-refractivity contribution in [3.05, 3.63) is 23.3 Å². The lowest BCUT2D eigenvalue weighted by atomic mass is 9.50. The molecule has 2 saturated carbocycles. The highest BCUT2D eigenvalue weighted by molar-refractivity contribution is 5.92. The van der Waals surface area contributed by atoms with Crippen LogP contribution in [-0.4, -0.2) is 46.1 Å². The summed E-state index contributed by atoms with van der Waals surface area (Å²) in [5.41, 5.74) is -0.409. The Balaban J connectivity index is 1.70. The fraction of sp³-hybridized carbons (Fsp3) is 0.696. The molecule has 0 aromatic heterocycles. The Morgan fingerprint density at radius 3 is 2.69 bits per heavy atom. The lowest BCUT2D eigenvalue weighted by molar-refractivity contribution is -0.174. The molecule has 4 aliphatic carbocycles. The Bertz CT molecular complexity index is 840. The third-order valence-electron chi connectivity index (χ3n) is 8.39. The number of carbonyl (C=O) groups is 3. The smallest absolute Gasteiger partial charge is 0.303 e. The molecule has 0 saturated heterocycles. The highest BCUT2D eigenvalue weighted by atomic mass is 16.5. The number of hydrogen-bond acceptors (Lipinski definition) is 6. The fourth-order valence-corrected chi connectivity index (χ4v) is 6.66. The number of hydrogen-bond donors (Lipinski definition) is 2. The molecule has 29 heavy (non-hydrogen) atoms. The summed E-state index contributed by atoms with van der Waals surface area (Å²) in [6.07, 6.45) is 6.60. The number of Topliss-reactive ketones (excluding diaryl/α,β-unsaturated/α-hetero) is 1. The first-order valence-electron chi connectivity index (χ1n) is 10.6. The van der Waals surface area contributed by atoms with Crippen molar-refractivity contribution in [1.29, 1.82) is 0 Å². The molecular weight excluding hydrogens is 372 g/mol. The summed E-state index contributed by atoms with van der Waals surface area (Å²) in [4.78, 5) is 35.9. The van der Waals surface area contributed by atoms with E-state index < -0.39 is 35.5 Å². The number of esters is 1. The zero-order chi connectivity index (χ0) is 21.2. The topological polar surface area (TPSA) is 101 Å². The number of aliphatic hydroxyl groups is 2. The summed E-state index contributed by atoms with van der Waals surface area (Å²) in [6.45, 7) is 4.77. The zero-order valence-corrected chi connectivity index (χ0v) is 17.4. The van der Waals surface area contributed by atoms with Crippen LogP contribution in [0.25, 0.3) is 0 Å². The van der Waals surface area contributed by atoms with Crippen LogP contribution in [0, 0.1) is 22.7 Å². The fourth-order valence-electron chi connectivity index (χ4n) is 6.66. The maximum absolute atomic E-state index is 12.9. The van der Waals surface area contributed by atoms with Crippen molar-refractivity contribution < 1.29 is 29.3 Å². The Labute approximate surface area is 171 Å². The van der Waals surface area contributed by atoms with Crippen LogP contribution in [-0.2, 0) is 19.1 Å². The average Bonchev–Trinajstić information content (AvgIpc) is 2.88. The van der Waals surface area contributed by atoms with Gasteiger partial charge in [0.2, 0.25) is 5.78 Å². The van der Waals surface area contributed by atoms with Crippen LogP contribution >= 0.6 is 0 Å². The summed E-state index contributed by atoms with van der Waals surface area (Å²) in [6, 6.07) is 0. The maximum atomic E-state index is 12.9. The van der Waals surface area contributed by atoms with Gasteiger partial charge in [-0.2, -0.15) is 0 Å². The van der Waals surface area contributed by atoms with E-state index in [2.05, 4.69) is 13.0 Å². The van der Waals surface area contributed by atoms with Crippen molar-refractivity contribution in [3.8, 4) is 0 Å². The molecular formula is C23H30O6. The first-order valence-corrected chi connectivity index (χ1v) is 10.6. The molecule has 6 heteroatoms. The van der Waals surface area contributed by atoms with E-state index in [0.717, 1.165) is 19.3 Å². The van der Waals surface area contributed by atoms with Crippen LogP contribution in [0.4, 0.5) is 0 Å². The Hall–Kier alpha value is -1.79. The van der Waals surface area contributed by atoms with Crippen LogP contribution in [0.15, 0.2) is 23.3 Å². The highest BCUT2D eigenvalue weighted by Gasteiger charge is 2.68. The van der Waals surface area contributed by atoms with Crippen molar-refractivity contribution in [3.63, 3.8) is 0 Å². The minimum absolute atomic E-state index is 0.0419. The predicted octanol–water partition coefficient (Wildman–Crippen LogP) is 2.27. The van der Waals surface area contributed by atoms with Crippen molar-refractivity contribution in [2.45, 2.75) is 71.0 Å². The first kappa shape index (κ1) is 20.5. The number of ketones is 2. The van der Waals surface area contributed by atoms with Crippen LogP contribution < -0.4 is 0 Å². The number of ether oxygens (including phenoxy) is 1. The molecule has 6 nitrogen and oxygen atoms in total. The molecule has 0 aromatic rings. The largest absolute Gasteiger partial charge is 0.458 e. The monoisotopic (exact) mass is 402 g/mol. The molecule has 0 aliphatic heterocycles. The van der Waals surface area contributed by atoms with Gasteiger partial charge in [-0.05, 0) is 50.0 Å². The number of allylic oxidation sites excluding steroid dienone is 4. The van der Waals surface area contributed by atoms with Gasteiger partial charge in [0.1, 0.15) is 0 Å². The van der Waals surface area contributed by atoms with E-state index in [1.54, 1.807) is 0 Å². The molecule has 0 amide bonds. The molecule has 158 valence electrons. The quantitative estimate of drug-likeness (QED) is 0.555. The molecule has 4 aliphatic rings. The first-order chi connectivity index (χ1) is 13.5. The van der Waals surface area contributed by atoms with Gasteiger partial charge in [-0.25, -0.2) is 0 Å². The third kappa shape index (κ3) is 2.72. The van der Waals surface area contributed by atoms with E-state index in [1.807, 2.05) is 13.0 Å². The van der Waals surface area contributed by atoms with Gasteiger partial charge in [-0.15, -0.1) is 0 Å². The normalized spacial score (nSPS) is 43.5. The predicted molar refractivity (Wildman–Crippen MR) is 105 cm³/mol. The lowest BCUT2D eigenvalue weighted by Gasteiger charge is -2.54. The summed E-state index contributed by atoms with van der Waals surface area (Å²) in [5.74, 6) is -0.908. The van der Waals surface area contributed by atoms with E-state index in [-0.39, 0.29) is 23.0 Å². The van der Waals surface area contributed by atoms with Crippen molar-refractivity contribution >= 4 is 17.5 Å². The van der Waals surface area contributed by atoms with Gasteiger partial charge in [0.05, 0.1) is 6.10 Å². The standard InChI is InChI=1S/C23H30O6/c1-13(24)29-12-20(27)23(28)19(26)11-18-16-5-4-14-10-15(25)6-8-21(14,2)17(16)7-9-22(18,23)3/h7,10,16,18-19,26,28H,4-6,8-9,11-12H2,1-3H3/t16-,18+,19?,21+,22+,23+/m1/s1. The average molecular weight is 402 g/mol. The van der Waals surface area contributed by atoms with Gasteiger partial charge in [0, 0.05) is 24.2 Å². The zero-order valence-electron chi connectivity index (χ0n) is 17.4. The number of fused-ring (bicyclic) bond motifs is 5. The van der Waals surface area contributed by atoms with Crippen molar-refractivity contribution in [1.82, 2.24) is 0 Å². The molecule has 6 atom stereocenters. The lowest BCUT2D eigenvalue weighted by Crippen LogP contribution is -2.59. The van der Waals surface area contributed by atoms with E-state index in [0.29, 0.717) is 19.3 Å². The third-order valence-corrected chi connectivity index (χ3v) is 8.39. The summed E-state index contributed by atoms with van der Waals surface area (Å²) < 4.78 is 4.84. The van der Waals surface area contributed by atoms with Crippen LogP contribution in [0.1, 0.15) is 59.3 Å². The van der Waals surface area contributed by atoms with E-state index in [9.17, 15) is 24.6 Å². The molecule has 0 heterocycles. The Morgan fingerprint density at radius 1 is 1.28 bits per heavy atom. The molecule has 0 radical (unpaired) electrons. The molecule has 4 rings (SSSR count). The minimum Gasteiger partial charge on any atom is -0.458 e. The summed E-state index contributed by atoms with van der Waals surface area (Å²) in [5, 5.41) is 22.3. The molecule has 0 aromatic carbocycles. The molecule has 1 unspecified atom stereocenters. The second-order valence-corrected chi connectivity index (χ2v) is 9.72. The highest BCUT2D eigenvalue weighted by Crippen LogP contribution is 2.65. The van der Waals surface area contributed by atoms with Gasteiger partial charge in [0.25, 0.3) is 0 Å². The number of rotatable bonds is 3. The van der Waals surface area contributed by atoms with Gasteiger partial charge >= 0.3 is 5.97 Å². The van der Waals surface area contributed by atoms with Crippen molar-refractivity contribution in [2.24, 2.45) is 22.7 Å². The van der Waals surface area contributed by atoms with Crippen LogP contribution in [0.3, 0.4) is 0 Å². The molecule has 2 fully saturated rings. The van der Waals surface area contributed by atoms with Gasteiger partial charge < -0.3 is 14.9 Å². The second kappa shape index (κ2) is 6.61. The minimum atomic E-state index is -1.94. The van der Waals surface area contributed by atoms with Crippen LogP contribution in [0.2, 0.25) is 0 Å². The van der Waals surface area contributed by atoms with Gasteiger partial charge in [-0.1, -0.05) is 31.1 Å². The molecule has 0 spiro atoms. The van der Waals surface area contributed by atoms with Crippen molar-refractivity contribution in [2.75, 3.05) is 6.61 Å². The number of aliphatic hydroxyl groups excluding tert-OH is 1. The van der Waals surface area contributed by atoms with Crippen LogP contribution in [0.5, 0.6) is 0 Å². The van der Waals surface area contributed by atoms with Gasteiger partial charge in [0.15, 0.2) is 18.0 Å². The molecule has 0 bridgehead atoms. The SMILES string of the molecule is CC(=O)OCC(=O)[C@@]1(O)C(O)C[C@H]2[C@@H]3CCC4=CC(=O)CC[C@]4(C)C3=CC[C@@]21C. The summed E-state index contributed by atoms with van der Waals surface area (Å²) >= 11 is 0. The number of carbonyl (C=O) groups excluding carboxylic acids is 3. The van der Waals surface area contributed by atoms with E-state index in [4.69, 9.17) is 4.74 Å². The second-order valence-electron chi connectivity index (χ2n) is 9.72.